The quantitative estimate of drug-likeness (QED) is 0.941. The van der Waals surface area contributed by atoms with Crippen molar-refractivity contribution in [3.63, 3.8) is 0 Å². The third-order valence-electron chi connectivity index (χ3n) is 2.41. The molecule has 2 aromatic heterocycles. The van der Waals surface area contributed by atoms with Crippen LogP contribution in [0.15, 0.2) is 22.8 Å². The lowest BCUT2D eigenvalue weighted by Crippen LogP contribution is -1.97. The molecule has 2 rings (SSSR count). The van der Waals surface area contributed by atoms with E-state index in [1.807, 2.05) is 12.1 Å². The molecule has 0 bridgehead atoms. The van der Waals surface area contributed by atoms with Gasteiger partial charge in [0.05, 0.1) is 5.69 Å². The first-order valence-electron chi connectivity index (χ1n) is 5.55. The summed E-state index contributed by atoms with van der Waals surface area (Å²) in [5.74, 6) is 0. The van der Waals surface area contributed by atoms with Gasteiger partial charge in [0.25, 0.3) is 0 Å². The summed E-state index contributed by atoms with van der Waals surface area (Å²) in [5.41, 5.74) is 7.76. The number of pyridine rings is 1. The molecule has 0 aliphatic carbocycles. The van der Waals surface area contributed by atoms with Gasteiger partial charge in [0.2, 0.25) is 0 Å². The van der Waals surface area contributed by atoms with Crippen molar-refractivity contribution < 1.29 is 0 Å². The molecule has 2 aromatic rings. The van der Waals surface area contributed by atoms with E-state index in [-0.39, 0.29) is 0 Å². The predicted molar refractivity (Wildman–Crippen MR) is 74.9 cm³/mol. The fourth-order valence-corrected chi connectivity index (χ4v) is 3.19. The summed E-state index contributed by atoms with van der Waals surface area (Å²) in [4.78, 5) is 10.2. The first-order chi connectivity index (χ1) is 8.26. The third kappa shape index (κ3) is 2.73. The second-order valence-electron chi connectivity index (χ2n) is 3.68. The molecule has 3 nitrogen and oxygen atoms in total. The van der Waals surface area contributed by atoms with Gasteiger partial charge in [0.15, 0.2) is 0 Å². The van der Waals surface area contributed by atoms with Gasteiger partial charge < -0.3 is 5.73 Å². The molecule has 2 N–H and O–H groups in total. The highest BCUT2D eigenvalue weighted by atomic mass is 79.9. The Balaban J connectivity index is 2.43. The van der Waals surface area contributed by atoms with Crippen LogP contribution in [0, 0.1) is 0 Å². The maximum absolute atomic E-state index is 5.75. The Kier molecular flexibility index (Phi) is 4.25. The number of halogens is 1. The van der Waals surface area contributed by atoms with Gasteiger partial charge in [-0.25, -0.2) is 4.98 Å². The number of rotatable bonds is 4. The minimum absolute atomic E-state index is 0.553. The van der Waals surface area contributed by atoms with Crippen LogP contribution in [0.2, 0.25) is 0 Å². The summed E-state index contributed by atoms with van der Waals surface area (Å²) < 4.78 is 0.973. The van der Waals surface area contributed by atoms with E-state index in [0.717, 1.165) is 33.7 Å². The van der Waals surface area contributed by atoms with Gasteiger partial charge in [-0.2, -0.15) is 0 Å². The zero-order chi connectivity index (χ0) is 12.3. The van der Waals surface area contributed by atoms with E-state index >= 15 is 0 Å². The van der Waals surface area contributed by atoms with Crippen LogP contribution < -0.4 is 5.73 Å². The van der Waals surface area contributed by atoms with Gasteiger partial charge in [-0.1, -0.05) is 13.3 Å². The van der Waals surface area contributed by atoms with Crippen molar-refractivity contribution >= 4 is 27.3 Å². The van der Waals surface area contributed by atoms with Crippen molar-refractivity contribution in [1.82, 2.24) is 9.97 Å². The highest BCUT2D eigenvalue weighted by molar-refractivity contribution is 9.10. The average molecular weight is 312 g/mol. The molecule has 0 fully saturated rings. The first-order valence-corrected chi connectivity index (χ1v) is 7.16. The van der Waals surface area contributed by atoms with E-state index < -0.39 is 0 Å². The number of hydrogen-bond donors (Lipinski definition) is 1. The summed E-state index contributed by atoms with van der Waals surface area (Å²) >= 11 is 5.14. The van der Waals surface area contributed by atoms with E-state index in [0.29, 0.717) is 6.54 Å². The minimum Gasteiger partial charge on any atom is -0.326 e. The lowest BCUT2D eigenvalue weighted by molar-refractivity contribution is 0.871. The molecular weight excluding hydrogens is 298 g/mol. The van der Waals surface area contributed by atoms with Crippen LogP contribution in [0.5, 0.6) is 0 Å². The number of aryl methyl sites for hydroxylation is 1. The summed E-state index contributed by atoms with van der Waals surface area (Å²) in [5, 5.41) is 0.946. The highest BCUT2D eigenvalue weighted by Gasteiger charge is 2.13. The largest absolute Gasteiger partial charge is 0.326 e. The molecule has 2 heterocycles. The molecule has 0 aliphatic rings. The van der Waals surface area contributed by atoms with Gasteiger partial charge in [-0.05, 0) is 34.5 Å². The normalized spacial score (nSPS) is 10.8. The Bertz CT molecular complexity index is 510. The molecule has 0 aromatic carbocycles. The summed E-state index contributed by atoms with van der Waals surface area (Å²) in [7, 11) is 0. The molecule has 17 heavy (non-hydrogen) atoms. The predicted octanol–water partition coefficient (Wildman–Crippen LogP) is 3.38. The standard InChI is InChI=1S/C12H14BrN3S/c1-2-4-9-10(7-14)17-12(16-9)11-8(13)5-3-6-15-11/h3,5-6H,2,4,7,14H2,1H3. The zero-order valence-electron chi connectivity index (χ0n) is 9.61. The number of nitrogens with two attached hydrogens (primary N) is 1. The second kappa shape index (κ2) is 5.71. The molecular formula is C12H14BrN3S. The lowest BCUT2D eigenvalue weighted by Gasteiger charge is -1.97. The van der Waals surface area contributed by atoms with Crippen LogP contribution >= 0.6 is 27.3 Å². The Labute approximate surface area is 113 Å². The van der Waals surface area contributed by atoms with Gasteiger partial charge in [0, 0.05) is 22.1 Å². The Hall–Kier alpha value is -0.780. The molecule has 0 aliphatic heterocycles. The molecule has 0 atom stereocenters. The lowest BCUT2D eigenvalue weighted by atomic mass is 10.2. The van der Waals surface area contributed by atoms with Crippen molar-refractivity contribution in [2.24, 2.45) is 5.73 Å². The van der Waals surface area contributed by atoms with E-state index in [2.05, 4.69) is 32.8 Å². The van der Waals surface area contributed by atoms with Gasteiger partial charge >= 0.3 is 0 Å². The van der Waals surface area contributed by atoms with Gasteiger partial charge in [0.1, 0.15) is 10.7 Å². The summed E-state index contributed by atoms with van der Waals surface area (Å²) in [6.45, 7) is 2.70. The molecule has 0 radical (unpaired) electrons. The minimum atomic E-state index is 0.553. The first kappa shape index (κ1) is 12.7. The summed E-state index contributed by atoms with van der Waals surface area (Å²) in [6.07, 6.45) is 3.84. The molecule has 0 amide bonds. The Morgan fingerprint density at radius 1 is 1.47 bits per heavy atom. The average Bonchev–Trinajstić information content (AvgIpc) is 2.73. The topological polar surface area (TPSA) is 51.8 Å². The van der Waals surface area contributed by atoms with Crippen LogP contribution in [0.3, 0.4) is 0 Å². The zero-order valence-corrected chi connectivity index (χ0v) is 12.0. The smallest absolute Gasteiger partial charge is 0.143 e. The van der Waals surface area contributed by atoms with Crippen molar-refractivity contribution in [2.75, 3.05) is 0 Å². The van der Waals surface area contributed by atoms with Gasteiger partial charge in [-0.15, -0.1) is 11.3 Å². The van der Waals surface area contributed by atoms with Crippen LogP contribution in [0.1, 0.15) is 23.9 Å². The molecule has 0 unspecified atom stereocenters. The van der Waals surface area contributed by atoms with E-state index in [4.69, 9.17) is 5.73 Å². The Morgan fingerprint density at radius 2 is 2.29 bits per heavy atom. The fourth-order valence-electron chi connectivity index (χ4n) is 1.62. The van der Waals surface area contributed by atoms with Crippen molar-refractivity contribution in [3.8, 4) is 10.7 Å². The van der Waals surface area contributed by atoms with Gasteiger partial charge in [-0.3, -0.25) is 4.98 Å². The Morgan fingerprint density at radius 3 is 2.94 bits per heavy atom. The van der Waals surface area contributed by atoms with Crippen molar-refractivity contribution in [1.29, 1.82) is 0 Å². The van der Waals surface area contributed by atoms with Crippen molar-refractivity contribution in [3.05, 3.63) is 33.4 Å². The van der Waals surface area contributed by atoms with Crippen LogP contribution in [-0.4, -0.2) is 9.97 Å². The second-order valence-corrected chi connectivity index (χ2v) is 5.61. The van der Waals surface area contributed by atoms with E-state index in [1.165, 1.54) is 4.88 Å². The van der Waals surface area contributed by atoms with Crippen molar-refractivity contribution in [2.45, 2.75) is 26.3 Å². The maximum atomic E-state index is 5.75. The molecule has 90 valence electrons. The van der Waals surface area contributed by atoms with Crippen LogP contribution in [-0.2, 0) is 13.0 Å². The third-order valence-corrected chi connectivity index (χ3v) is 4.18. The maximum Gasteiger partial charge on any atom is 0.143 e. The molecule has 0 spiro atoms. The van der Waals surface area contributed by atoms with E-state index in [1.54, 1.807) is 17.5 Å². The highest BCUT2D eigenvalue weighted by Crippen LogP contribution is 2.31. The molecule has 0 saturated heterocycles. The van der Waals surface area contributed by atoms with Crippen LogP contribution in [0.4, 0.5) is 0 Å². The summed E-state index contributed by atoms with van der Waals surface area (Å²) in [6, 6.07) is 3.88. The number of nitrogens with zero attached hydrogens (tertiary/aromatic N) is 2. The van der Waals surface area contributed by atoms with Crippen LogP contribution in [0.25, 0.3) is 10.7 Å². The van der Waals surface area contributed by atoms with E-state index in [9.17, 15) is 0 Å². The fraction of sp³-hybridized carbons (Fsp3) is 0.333. The SMILES string of the molecule is CCCc1nc(-c2ncccc2Br)sc1CN. The number of aromatic nitrogens is 2. The molecule has 5 heteroatoms. The number of thiazole rings is 1. The monoisotopic (exact) mass is 311 g/mol. The molecule has 0 saturated carbocycles. The number of hydrogen-bond acceptors (Lipinski definition) is 4.